The van der Waals surface area contributed by atoms with Gasteiger partial charge in [0.15, 0.2) is 0 Å². The lowest BCUT2D eigenvalue weighted by Crippen LogP contribution is -2.18. The molecule has 0 fully saturated rings. The highest BCUT2D eigenvalue weighted by Crippen LogP contribution is 2.22. The highest BCUT2D eigenvalue weighted by atomic mass is 19.4. The van der Waals surface area contributed by atoms with Crippen molar-refractivity contribution >= 4 is 5.69 Å². The van der Waals surface area contributed by atoms with Crippen molar-refractivity contribution in [2.45, 2.75) is 19.2 Å². The number of nitrogens with two attached hydrogens (primary N) is 1. The molecule has 1 aromatic carbocycles. The predicted octanol–water partition coefficient (Wildman–Crippen LogP) is 2.91. The van der Waals surface area contributed by atoms with Crippen LogP contribution in [0.25, 0.3) is 0 Å². The lowest BCUT2D eigenvalue weighted by atomic mass is 10.1. The first-order chi connectivity index (χ1) is 6.88. The van der Waals surface area contributed by atoms with Crippen molar-refractivity contribution in [3.8, 4) is 0 Å². The van der Waals surface area contributed by atoms with Crippen LogP contribution >= 0.6 is 0 Å². The van der Waals surface area contributed by atoms with Crippen molar-refractivity contribution in [3.63, 3.8) is 0 Å². The Hall–Kier alpha value is -1.23. The quantitative estimate of drug-likeness (QED) is 0.793. The molecule has 2 nitrogen and oxygen atoms in total. The van der Waals surface area contributed by atoms with Gasteiger partial charge in [0.1, 0.15) is 6.61 Å². The van der Waals surface area contributed by atoms with Crippen LogP contribution in [0.15, 0.2) is 24.3 Å². The Balaban J connectivity index is 2.54. The molecule has 0 spiro atoms. The standard InChI is InChI=1S/C10H12F3NO/c1-7(15-6-10(11,12)13)8-2-4-9(14)5-3-8/h2-5,7H,6,14H2,1H3. The molecule has 0 aromatic heterocycles. The lowest BCUT2D eigenvalue weighted by molar-refractivity contribution is -0.184. The molecule has 5 heteroatoms. The van der Waals surface area contributed by atoms with Gasteiger partial charge in [0.25, 0.3) is 0 Å². The number of anilines is 1. The molecule has 0 heterocycles. The number of alkyl halides is 3. The Bertz CT molecular complexity index is 307. The van der Waals surface area contributed by atoms with Gasteiger partial charge >= 0.3 is 6.18 Å². The number of rotatable bonds is 3. The summed E-state index contributed by atoms with van der Waals surface area (Å²) in [5.41, 5.74) is 6.69. The summed E-state index contributed by atoms with van der Waals surface area (Å²) in [6, 6.07) is 6.55. The molecule has 1 atom stereocenters. The van der Waals surface area contributed by atoms with Crippen molar-refractivity contribution in [1.82, 2.24) is 0 Å². The third-order valence-corrected chi connectivity index (χ3v) is 1.90. The zero-order valence-corrected chi connectivity index (χ0v) is 8.21. The minimum atomic E-state index is -4.29. The Morgan fingerprint density at radius 3 is 2.27 bits per heavy atom. The third-order valence-electron chi connectivity index (χ3n) is 1.90. The Kier molecular flexibility index (Phi) is 3.57. The Labute approximate surface area is 85.8 Å². The van der Waals surface area contributed by atoms with Gasteiger partial charge in [0.05, 0.1) is 6.10 Å². The topological polar surface area (TPSA) is 35.2 Å². The highest BCUT2D eigenvalue weighted by molar-refractivity contribution is 5.39. The summed E-state index contributed by atoms with van der Waals surface area (Å²) in [6.07, 6.45) is -4.88. The van der Waals surface area contributed by atoms with E-state index in [0.717, 1.165) is 0 Å². The summed E-state index contributed by atoms with van der Waals surface area (Å²) in [5, 5.41) is 0. The molecular weight excluding hydrogens is 207 g/mol. The average molecular weight is 219 g/mol. The minimum absolute atomic E-state index is 0.571. The molecule has 0 saturated heterocycles. The van der Waals surface area contributed by atoms with Crippen LogP contribution in [0.3, 0.4) is 0 Å². The molecule has 0 aliphatic heterocycles. The van der Waals surface area contributed by atoms with E-state index in [4.69, 9.17) is 5.73 Å². The molecule has 0 aliphatic carbocycles. The highest BCUT2D eigenvalue weighted by Gasteiger charge is 2.28. The van der Waals surface area contributed by atoms with Crippen LogP contribution < -0.4 is 5.73 Å². The van der Waals surface area contributed by atoms with E-state index in [1.807, 2.05) is 0 Å². The van der Waals surface area contributed by atoms with Crippen LogP contribution in [0, 0.1) is 0 Å². The number of halogens is 3. The fourth-order valence-corrected chi connectivity index (χ4v) is 1.08. The zero-order valence-electron chi connectivity index (χ0n) is 8.21. The van der Waals surface area contributed by atoms with Gasteiger partial charge in [-0.25, -0.2) is 0 Å². The summed E-state index contributed by atoms with van der Waals surface area (Å²) in [7, 11) is 0. The van der Waals surface area contributed by atoms with E-state index in [1.54, 1.807) is 31.2 Å². The van der Waals surface area contributed by atoms with Crippen LogP contribution in [0.5, 0.6) is 0 Å². The van der Waals surface area contributed by atoms with Crippen LogP contribution in [0.4, 0.5) is 18.9 Å². The normalized spacial score (nSPS) is 13.9. The number of hydrogen-bond acceptors (Lipinski definition) is 2. The van der Waals surface area contributed by atoms with E-state index in [9.17, 15) is 13.2 Å². The van der Waals surface area contributed by atoms with Gasteiger partial charge in [-0.15, -0.1) is 0 Å². The van der Waals surface area contributed by atoms with Crippen molar-refractivity contribution in [2.75, 3.05) is 12.3 Å². The smallest absolute Gasteiger partial charge is 0.399 e. The monoisotopic (exact) mass is 219 g/mol. The number of hydrogen-bond donors (Lipinski definition) is 1. The Morgan fingerprint density at radius 2 is 1.80 bits per heavy atom. The second-order valence-electron chi connectivity index (χ2n) is 3.24. The number of ether oxygens (including phenoxy) is 1. The Morgan fingerprint density at radius 1 is 1.27 bits per heavy atom. The average Bonchev–Trinajstić information content (AvgIpc) is 2.14. The third kappa shape index (κ3) is 4.20. The van der Waals surface area contributed by atoms with E-state index < -0.39 is 18.9 Å². The maximum absolute atomic E-state index is 11.9. The molecule has 1 rings (SSSR count). The van der Waals surface area contributed by atoms with E-state index in [2.05, 4.69) is 4.74 Å². The van der Waals surface area contributed by atoms with Crippen LogP contribution in [0.1, 0.15) is 18.6 Å². The first-order valence-corrected chi connectivity index (χ1v) is 4.42. The molecule has 0 amide bonds. The molecule has 1 unspecified atom stereocenters. The fraction of sp³-hybridized carbons (Fsp3) is 0.400. The molecule has 0 saturated carbocycles. The minimum Gasteiger partial charge on any atom is -0.399 e. The van der Waals surface area contributed by atoms with Crippen LogP contribution in [-0.2, 0) is 4.74 Å². The number of nitrogen functional groups attached to an aromatic ring is 1. The van der Waals surface area contributed by atoms with Crippen LogP contribution in [-0.4, -0.2) is 12.8 Å². The lowest BCUT2D eigenvalue weighted by Gasteiger charge is -2.15. The first-order valence-electron chi connectivity index (χ1n) is 4.42. The van der Waals surface area contributed by atoms with Gasteiger partial charge in [-0.2, -0.15) is 13.2 Å². The van der Waals surface area contributed by atoms with Gasteiger partial charge in [0, 0.05) is 5.69 Å². The van der Waals surface area contributed by atoms with Gasteiger partial charge in [-0.05, 0) is 24.6 Å². The van der Waals surface area contributed by atoms with Crippen LogP contribution in [0.2, 0.25) is 0 Å². The molecule has 15 heavy (non-hydrogen) atoms. The second-order valence-corrected chi connectivity index (χ2v) is 3.24. The summed E-state index contributed by atoms with van der Waals surface area (Å²) in [6.45, 7) is 0.329. The fourth-order valence-electron chi connectivity index (χ4n) is 1.08. The molecule has 1 aromatic rings. The summed E-state index contributed by atoms with van der Waals surface area (Å²) in [5.74, 6) is 0. The number of benzene rings is 1. The molecule has 0 bridgehead atoms. The molecular formula is C10H12F3NO. The molecule has 2 N–H and O–H groups in total. The SMILES string of the molecule is CC(OCC(F)(F)F)c1ccc(N)cc1. The predicted molar refractivity (Wildman–Crippen MR) is 51.3 cm³/mol. The molecule has 0 radical (unpaired) electrons. The maximum Gasteiger partial charge on any atom is 0.411 e. The van der Waals surface area contributed by atoms with E-state index in [-0.39, 0.29) is 0 Å². The second kappa shape index (κ2) is 4.53. The zero-order chi connectivity index (χ0) is 11.5. The van der Waals surface area contributed by atoms with Gasteiger partial charge < -0.3 is 10.5 Å². The summed E-state index contributed by atoms with van der Waals surface area (Å²) in [4.78, 5) is 0. The molecule has 0 aliphatic rings. The van der Waals surface area contributed by atoms with E-state index >= 15 is 0 Å². The van der Waals surface area contributed by atoms with E-state index in [0.29, 0.717) is 11.3 Å². The largest absolute Gasteiger partial charge is 0.411 e. The summed E-state index contributed by atoms with van der Waals surface area (Å²) < 4.78 is 40.2. The van der Waals surface area contributed by atoms with Gasteiger partial charge in [-0.1, -0.05) is 12.1 Å². The van der Waals surface area contributed by atoms with Gasteiger partial charge in [-0.3, -0.25) is 0 Å². The van der Waals surface area contributed by atoms with Crippen molar-refractivity contribution < 1.29 is 17.9 Å². The first kappa shape index (κ1) is 11.8. The van der Waals surface area contributed by atoms with Gasteiger partial charge in [0.2, 0.25) is 0 Å². The maximum atomic E-state index is 11.9. The van der Waals surface area contributed by atoms with Crippen molar-refractivity contribution in [1.29, 1.82) is 0 Å². The van der Waals surface area contributed by atoms with Crippen molar-refractivity contribution in [3.05, 3.63) is 29.8 Å². The summed E-state index contributed by atoms with van der Waals surface area (Å²) >= 11 is 0. The molecule has 84 valence electrons. The van der Waals surface area contributed by atoms with Crippen molar-refractivity contribution in [2.24, 2.45) is 0 Å². The van der Waals surface area contributed by atoms with E-state index in [1.165, 1.54) is 0 Å².